The zero-order valence-electron chi connectivity index (χ0n) is 9.58. The molecule has 1 atom stereocenters. The van der Waals surface area contributed by atoms with E-state index < -0.39 is 0 Å². The number of likely N-dealkylation sites (tertiary alicyclic amines) is 1. The van der Waals surface area contributed by atoms with Crippen LogP contribution < -0.4 is 0 Å². The number of rotatable bonds is 7. The summed E-state index contributed by atoms with van der Waals surface area (Å²) in [4.78, 5) is 13.4. The molecule has 1 rings (SSSR count). The van der Waals surface area contributed by atoms with Crippen LogP contribution in [0.4, 0.5) is 0 Å². The lowest BCUT2D eigenvalue weighted by molar-refractivity contribution is -0.136. The summed E-state index contributed by atoms with van der Waals surface area (Å²) < 4.78 is 5.53. The lowest BCUT2D eigenvalue weighted by Gasteiger charge is -2.24. The highest BCUT2D eigenvalue weighted by Gasteiger charge is 2.30. The van der Waals surface area contributed by atoms with Crippen molar-refractivity contribution in [2.45, 2.75) is 45.3 Å². The number of unbranched alkanes of at least 4 members (excludes halogenated alkanes) is 2. The second kappa shape index (κ2) is 6.62. The van der Waals surface area contributed by atoms with Gasteiger partial charge in [0.2, 0.25) is 5.91 Å². The first-order valence-corrected chi connectivity index (χ1v) is 5.81. The van der Waals surface area contributed by atoms with E-state index in [1.54, 1.807) is 0 Å². The Bertz CT molecular complexity index is 216. The number of hydrogen-bond donors (Lipinski definition) is 0. The molecule has 86 valence electrons. The highest BCUT2D eigenvalue weighted by molar-refractivity contribution is 5.78. The molecule has 1 unspecified atom stereocenters. The first-order valence-electron chi connectivity index (χ1n) is 5.81. The van der Waals surface area contributed by atoms with Crippen molar-refractivity contribution in [2.75, 3.05) is 13.2 Å². The molecule has 1 amide bonds. The third-order valence-corrected chi connectivity index (χ3v) is 2.69. The summed E-state index contributed by atoms with van der Waals surface area (Å²) in [6.45, 7) is 7.17. The molecule has 0 aromatic heterocycles. The first-order chi connectivity index (χ1) is 7.29. The van der Waals surface area contributed by atoms with Gasteiger partial charge in [0, 0.05) is 26.0 Å². The molecule has 1 heterocycles. The number of carbonyl (C=O) groups excluding carboxylic acids is 1. The summed E-state index contributed by atoms with van der Waals surface area (Å²) in [5, 5.41) is 0. The molecule has 1 fully saturated rings. The molecule has 0 radical (unpaired) electrons. The van der Waals surface area contributed by atoms with E-state index in [1.807, 2.05) is 17.9 Å². The van der Waals surface area contributed by atoms with Gasteiger partial charge in [-0.2, -0.15) is 0 Å². The molecule has 0 N–H and O–H groups in total. The SMILES string of the molecule is C=CCCCCN1C(=O)CCC1OCC. The number of amides is 1. The normalized spacial score (nSPS) is 21.0. The van der Waals surface area contributed by atoms with Crippen LogP contribution in [0.2, 0.25) is 0 Å². The molecule has 0 saturated carbocycles. The maximum absolute atomic E-state index is 11.5. The van der Waals surface area contributed by atoms with Crippen molar-refractivity contribution < 1.29 is 9.53 Å². The van der Waals surface area contributed by atoms with Gasteiger partial charge in [-0.15, -0.1) is 6.58 Å². The van der Waals surface area contributed by atoms with Crippen LogP contribution in [0, 0.1) is 0 Å². The number of hydrogen-bond acceptors (Lipinski definition) is 2. The van der Waals surface area contributed by atoms with Crippen molar-refractivity contribution in [1.29, 1.82) is 0 Å². The Hall–Kier alpha value is -0.830. The average Bonchev–Trinajstić information content (AvgIpc) is 2.56. The predicted octanol–water partition coefficient (Wildman–Crippen LogP) is 2.33. The van der Waals surface area contributed by atoms with Crippen LogP contribution in [-0.2, 0) is 9.53 Å². The molecule has 0 spiro atoms. The number of carbonyl (C=O) groups is 1. The molecular weight excluding hydrogens is 190 g/mol. The van der Waals surface area contributed by atoms with Gasteiger partial charge in [-0.05, 0) is 26.2 Å². The van der Waals surface area contributed by atoms with Gasteiger partial charge in [0.15, 0.2) is 0 Å². The standard InChI is InChI=1S/C12H21NO2/c1-3-5-6-7-10-13-11(14)8-9-12(13)15-4-2/h3,12H,1,4-10H2,2H3. The van der Waals surface area contributed by atoms with E-state index in [1.165, 1.54) is 0 Å². The molecule has 0 aliphatic carbocycles. The fraction of sp³-hybridized carbons (Fsp3) is 0.750. The summed E-state index contributed by atoms with van der Waals surface area (Å²) in [7, 11) is 0. The number of nitrogens with zero attached hydrogens (tertiary/aromatic N) is 1. The van der Waals surface area contributed by atoms with Crippen molar-refractivity contribution in [3.63, 3.8) is 0 Å². The first kappa shape index (κ1) is 12.2. The highest BCUT2D eigenvalue weighted by atomic mass is 16.5. The summed E-state index contributed by atoms with van der Waals surface area (Å²) in [5.41, 5.74) is 0. The van der Waals surface area contributed by atoms with E-state index in [0.29, 0.717) is 13.0 Å². The molecule has 3 heteroatoms. The molecule has 3 nitrogen and oxygen atoms in total. The van der Waals surface area contributed by atoms with Gasteiger partial charge in [0.05, 0.1) is 0 Å². The summed E-state index contributed by atoms with van der Waals surface area (Å²) >= 11 is 0. The molecule has 15 heavy (non-hydrogen) atoms. The van der Waals surface area contributed by atoms with Crippen LogP contribution in [0.15, 0.2) is 12.7 Å². The van der Waals surface area contributed by atoms with Gasteiger partial charge >= 0.3 is 0 Å². The van der Waals surface area contributed by atoms with E-state index in [2.05, 4.69) is 6.58 Å². The Labute approximate surface area is 92.1 Å². The predicted molar refractivity (Wildman–Crippen MR) is 60.4 cm³/mol. The molecule has 0 aromatic rings. The second-order valence-electron chi connectivity index (χ2n) is 3.82. The third-order valence-electron chi connectivity index (χ3n) is 2.69. The van der Waals surface area contributed by atoms with Gasteiger partial charge in [-0.3, -0.25) is 4.79 Å². The summed E-state index contributed by atoms with van der Waals surface area (Å²) in [6.07, 6.45) is 6.63. The lowest BCUT2D eigenvalue weighted by atomic mass is 10.2. The molecule has 0 aromatic carbocycles. The molecule has 1 saturated heterocycles. The Kier molecular flexibility index (Phi) is 5.40. The Balaban J connectivity index is 2.29. The summed E-state index contributed by atoms with van der Waals surface area (Å²) in [6, 6.07) is 0. The Morgan fingerprint density at radius 1 is 1.60 bits per heavy atom. The van der Waals surface area contributed by atoms with Crippen LogP contribution in [0.1, 0.15) is 39.0 Å². The largest absolute Gasteiger partial charge is 0.359 e. The van der Waals surface area contributed by atoms with E-state index in [-0.39, 0.29) is 12.1 Å². The van der Waals surface area contributed by atoms with Gasteiger partial charge in [0.25, 0.3) is 0 Å². The zero-order valence-corrected chi connectivity index (χ0v) is 9.58. The fourth-order valence-corrected chi connectivity index (χ4v) is 1.91. The van der Waals surface area contributed by atoms with Crippen LogP contribution >= 0.6 is 0 Å². The topological polar surface area (TPSA) is 29.5 Å². The molecular formula is C12H21NO2. The van der Waals surface area contributed by atoms with Crippen molar-refractivity contribution in [1.82, 2.24) is 4.90 Å². The molecule has 1 aliphatic heterocycles. The smallest absolute Gasteiger partial charge is 0.224 e. The minimum atomic E-state index is 0.0335. The quantitative estimate of drug-likeness (QED) is 0.478. The third kappa shape index (κ3) is 3.67. The second-order valence-corrected chi connectivity index (χ2v) is 3.82. The minimum Gasteiger partial charge on any atom is -0.359 e. The lowest BCUT2D eigenvalue weighted by Crippen LogP contribution is -2.35. The number of ether oxygens (including phenoxy) is 1. The van der Waals surface area contributed by atoms with E-state index in [0.717, 1.165) is 32.2 Å². The maximum atomic E-state index is 11.5. The summed E-state index contributed by atoms with van der Waals surface area (Å²) in [5.74, 6) is 0.243. The van der Waals surface area contributed by atoms with Crippen LogP contribution in [0.3, 0.4) is 0 Å². The average molecular weight is 211 g/mol. The van der Waals surface area contributed by atoms with Crippen molar-refractivity contribution in [2.24, 2.45) is 0 Å². The van der Waals surface area contributed by atoms with E-state index in [4.69, 9.17) is 4.74 Å². The van der Waals surface area contributed by atoms with Crippen LogP contribution in [0.5, 0.6) is 0 Å². The highest BCUT2D eigenvalue weighted by Crippen LogP contribution is 2.20. The van der Waals surface area contributed by atoms with Gasteiger partial charge in [0.1, 0.15) is 6.23 Å². The molecule has 0 bridgehead atoms. The maximum Gasteiger partial charge on any atom is 0.224 e. The van der Waals surface area contributed by atoms with Gasteiger partial charge in [-0.25, -0.2) is 0 Å². The van der Waals surface area contributed by atoms with Gasteiger partial charge < -0.3 is 9.64 Å². The fourth-order valence-electron chi connectivity index (χ4n) is 1.91. The van der Waals surface area contributed by atoms with Crippen molar-refractivity contribution >= 4 is 5.91 Å². The van der Waals surface area contributed by atoms with Gasteiger partial charge in [-0.1, -0.05) is 6.08 Å². The number of allylic oxidation sites excluding steroid dienone is 1. The van der Waals surface area contributed by atoms with Crippen molar-refractivity contribution in [3.8, 4) is 0 Å². The zero-order chi connectivity index (χ0) is 11.1. The Morgan fingerprint density at radius 2 is 2.40 bits per heavy atom. The van der Waals surface area contributed by atoms with Crippen LogP contribution in [0.25, 0.3) is 0 Å². The molecule has 1 aliphatic rings. The monoisotopic (exact) mass is 211 g/mol. The van der Waals surface area contributed by atoms with Crippen LogP contribution in [-0.4, -0.2) is 30.2 Å². The van der Waals surface area contributed by atoms with E-state index >= 15 is 0 Å². The van der Waals surface area contributed by atoms with Crippen molar-refractivity contribution in [3.05, 3.63) is 12.7 Å². The Morgan fingerprint density at radius 3 is 3.07 bits per heavy atom. The van der Waals surface area contributed by atoms with E-state index in [9.17, 15) is 4.79 Å². The minimum absolute atomic E-state index is 0.0335.